The molecule has 1 aromatic carbocycles. The van der Waals surface area contributed by atoms with Crippen molar-refractivity contribution < 1.29 is 15.0 Å². The van der Waals surface area contributed by atoms with E-state index in [0.717, 1.165) is 23.1 Å². The monoisotopic (exact) mass is 296 g/mol. The Morgan fingerprint density at radius 1 is 1.23 bits per heavy atom. The highest BCUT2D eigenvalue weighted by atomic mass is 16.5. The molecule has 0 saturated heterocycles. The van der Waals surface area contributed by atoms with E-state index in [1.165, 1.54) is 6.20 Å². The number of hydrogen-bond acceptors (Lipinski definition) is 4. The Morgan fingerprint density at radius 2 is 2.09 bits per heavy atom. The molecule has 112 valence electrons. The molecule has 0 fully saturated rings. The zero-order valence-electron chi connectivity index (χ0n) is 11.9. The first-order valence-corrected chi connectivity index (χ1v) is 7.04. The Kier molecular flexibility index (Phi) is 4.00. The third-order valence-electron chi connectivity index (χ3n) is 3.67. The van der Waals surface area contributed by atoms with E-state index in [4.69, 9.17) is 0 Å². The maximum absolute atomic E-state index is 11.7. The number of nitrogens with one attached hydrogen (secondary N) is 1. The average Bonchev–Trinajstić information content (AvgIpc) is 2.53. The summed E-state index contributed by atoms with van der Waals surface area (Å²) in [5.74, 6) is -0.0327. The van der Waals surface area contributed by atoms with Gasteiger partial charge in [0.05, 0.1) is 0 Å². The molecule has 0 radical (unpaired) electrons. The molecule has 0 unspecified atom stereocenters. The van der Waals surface area contributed by atoms with Gasteiger partial charge in [-0.3, -0.25) is 9.78 Å². The van der Waals surface area contributed by atoms with Gasteiger partial charge >= 0.3 is 0 Å². The molecule has 0 bridgehead atoms. The van der Waals surface area contributed by atoms with Crippen LogP contribution in [0.2, 0.25) is 0 Å². The van der Waals surface area contributed by atoms with Crippen molar-refractivity contribution in [2.75, 3.05) is 6.54 Å². The number of rotatable bonds is 3. The minimum atomic E-state index is -1.53. The molecule has 5 nitrogen and oxygen atoms in total. The van der Waals surface area contributed by atoms with Gasteiger partial charge in [-0.05, 0) is 29.7 Å². The van der Waals surface area contributed by atoms with Gasteiger partial charge in [0.2, 0.25) is 0 Å². The third kappa shape index (κ3) is 2.90. The van der Waals surface area contributed by atoms with Crippen molar-refractivity contribution in [3.63, 3.8) is 0 Å². The van der Waals surface area contributed by atoms with E-state index in [1.54, 1.807) is 18.3 Å². The van der Waals surface area contributed by atoms with E-state index < -0.39 is 6.29 Å². The summed E-state index contributed by atoms with van der Waals surface area (Å²) in [6, 6.07) is 7.23. The Hall–Kier alpha value is -2.50. The molecule has 1 aromatic heterocycles. The molecule has 1 aliphatic heterocycles. The second-order valence-electron chi connectivity index (χ2n) is 5.13. The van der Waals surface area contributed by atoms with Gasteiger partial charge in [-0.25, -0.2) is 0 Å². The molecular weight excluding hydrogens is 280 g/mol. The quantitative estimate of drug-likeness (QED) is 0.750. The van der Waals surface area contributed by atoms with Crippen LogP contribution in [0.1, 0.15) is 38.9 Å². The van der Waals surface area contributed by atoms with Crippen LogP contribution in [0.4, 0.5) is 0 Å². The molecular formula is C17H16N2O3. The van der Waals surface area contributed by atoms with Gasteiger partial charge in [-0.15, -0.1) is 0 Å². The topological polar surface area (TPSA) is 82.5 Å². The van der Waals surface area contributed by atoms with Crippen LogP contribution in [0.5, 0.6) is 0 Å². The number of carbonyl (C=O) groups excluding carboxylic acids is 1. The molecule has 3 N–H and O–H groups in total. The fraction of sp³-hybridized carbons (Fsp3) is 0.176. The molecule has 2 heterocycles. The van der Waals surface area contributed by atoms with Crippen LogP contribution in [-0.4, -0.2) is 27.6 Å². The van der Waals surface area contributed by atoms with E-state index in [0.29, 0.717) is 17.7 Å². The smallest absolute Gasteiger partial charge is 0.251 e. The number of fused-ring (bicyclic) bond motifs is 1. The lowest BCUT2D eigenvalue weighted by Crippen LogP contribution is -2.31. The van der Waals surface area contributed by atoms with Gasteiger partial charge in [-0.1, -0.05) is 24.3 Å². The van der Waals surface area contributed by atoms with Crippen LogP contribution in [-0.2, 0) is 6.42 Å². The van der Waals surface area contributed by atoms with E-state index in [-0.39, 0.29) is 5.91 Å². The van der Waals surface area contributed by atoms with Gasteiger partial charge in [0, 0.05) is 35.6 Å². The summed E-state index contributed by atoms with van der Waals surface area (Å²) in [7, 11) is 0. The fourth-order valence-corrected chi connectivity index (χ4v) is 2.53. The molecule has 0 aliphatic carbocycles. The first-order chi connectivity index (χ1) is 10.6. The molecule has 0 saturated carbocycles. The summed E-state index contributed by atoms with van der Waals surface area (Å²) in [6.45, 7) is 0.655. The summed E-state index contributed by atoms with van der Waals surface area (Å²) < 4.78 is 0. The Labute approximate surface area is 128 Å². The van der Waals surface area contributed by atoms with Crippen molar-refractivity contribution in [2.45, 2.75) is 12.7 Å². The maximum Gasteiger partial charge on any atom is 0.251 e. The molecule has 3 rings (SSSR count). The first kappa shape index (κ1) is 14.4. The van der Waals surface area contributed by atoms with E-state index in [9.17, 15) is 15.0 Å². The molecule has 1 aliphatic rings. The van der Waals surface area contributed by atoms with Gasteiger partial charge < -0.3 is 15.5 Å². The van der Waals surface area contributed by atoms with Gasteiger partial charge in [0.1, 0.15) is 0 Å². The molecule has 0 spiro atoms. The first-order valence-electron chi connectivity index (χ1n) is 7.04. The fourth-order valence-electron chi connectivity index (χ4n) is 2.53. The van der Waals surface area contributed by atoms with Crippen LogP contribution >= 0.6 is 0 Å². The second-order valence-corrected chi connectivity index (χ2v) is 5.13. The van der Waals surface area contributed by atoms with Crippen molar-refractivity contribution in [1.29, 1.82) is 0 Å². The molecule has 2 aromatic rings. The van der Waals surface area contributed by atoms with Crippen LogP contribution in [0, 0.1) is 0 Å². The standard InChI is InChI=1S/C17H16N2O3/c20-16-14-4-2-11(9-12(14)5-8-19-16)1-3-13-10-18-7-6-15(13)17(21)22/h1-4,6-7,9-10,17,21-22H,5,8H2,(H,19,20)/b3-1+. The van der Waals surface area contributed by atoms with E-state index in [1.807, 2.05) is 24.3 Å². The van der Waals surface area contributed by atoms with Crippen molar-refractivity contribution in [3.8, 4) is 0 Å². The van der Waals surface area contributed by atoms with Gasteiger partial charge in [0.25, 0.3) is 5.91 Å². The highest BCUT2D eigenvalue weighted by molar-refractivity contribution is 5.97. The van der Waals surface area contributed by atoms with Crippen LogP contribution in [0.3, 0.4) is 0 Å². The number of nitrogens with zero attached hydrogens (tertiary/aromatic N) is 1. The van der Waals surface area contributed by atoms with Crippen LogP contribution in [0.25, 0.3) is 12.2 Å². The number of aromatic nitrogens is 1. The number of hydrogen-bond donors (Lipinski definition) is 3. The summed E-state index contributed by atoms with van der Waals surface area (Å²) in [4.78, 5) is 15.7. The van der Waals surface area contributed by atoms with Crippen molar-refractivity contribution >= 4 is 18.1 Å². The number of amides is 1. The van der Waals surface area contributed by atoms with Gasteiger partial charge in [0.15, 0.2) is 6.29 Å². The highest BCUT2D eigenvalue weighted by Gasteiger charge is 2.15. The minimum Gasteiger partial charge on any atom is -0.364 e. The van der Waals surface area contributed by atoms with Crippen molar-refractivity contribution in [2.24, 2.45) is 0 Å². The lowest BCUT2D eigenvalue weighted by Gasteiger charge is -2.16. The van der Waals surface area contributed by atoms with E-state index >= 15 is 0 Å². The van der Waals surface area contributed by atoms with Crippen LogP contribution < -0.4 is 5.32 Å². The zero-order valence-corrected chi connectivity index (χ0v) is 11.9. The Morgan fingerprint density at radius 3 is 2.91 bits per heavy atom. The number of carbonyl (C=O) groups is 1. The maximum atomic E-state index is 11.7. The van der Waals surface area contributed by atoms with Crippen LogP contribution in [0.15, 0.2) is 36.7 Å². The summed E-state index contributed by atoms with van der Waals surface area (Å²) in [5, 5.41) is 21.5. The molecule has 5 heteroatoms. The third-order valence-corrected chi connectivity index (χ3v) is 3.67. The predicted octanol–water partition coefficient (Wildman–Crippen LogP) is 1.52. The lowest BCUT2D eigenvalue weighted by molar-refractivity contribution is -0.0426. The molecule has 22 heavy (non-hydrogen) atoms. The minimum absolute atomic E-state index is 0.0327. The molecule has 0 atom stereocenters. The van der Waals surface area contributed by atoms with Crippen molar-refractivity contribution in [3.05, 3.63) is 64.5 Å². The van der Waals surface area contributed by atoms with Crippen molar-refractivity contribution in [1.82, 2.24) is 10.3 Å². The SMILES string of the molecule is O=C1NCCc2cc(/C=C/c3cnccc3C(O)O)ccc21. The zero-order chi connectivity index (χ0) is 15.5. The predicted molar refractivity (Wildman–Crippen MR) is 82.8 cm³/mol. The summed E-state index contributed by atoms with van der Waals surface area (Å²) >= 11 is 0. The number of pyridine rings is 1. The largest absolute Gasteiger partial charge is 0.364 e. The number of aliphatic hydroxyl groups is 2. The average molecular weight is 296 g/mol. The summed E-state index contributed by atoms with van der Waals surface area (Å²) in [6.07, 6.45) is 6.04. The highest BCUT2D eigenvalue weighted by Crippen LogP contribution is 2.20. The number of benzene rings is 1. The molecule has 1 amide bonds. The normalized spacial score (nSPS) is 14.2. The second kappa shape index (κ2) is 6.09. The summed E-state index contributed by atoms with van der Waals surface area (Å²) in [5.41, 5.74) is 3.75. The Balaban J connectivity index is 1.89. The van der Waals surface area contributed by atoms with E-state index in [2.05, 4.69) is 10.3 Å². The Bertz CT molecular complexity index is 738. The number of aliphatic hydroxyl groups excluding tert-OH is 1. The van der Waals surface area contributed by atoms with Gasteiger partial charge in [-0.2, -0.15) is 0 Å². The lowest BCUT2D eigenvalue weighted by atomic mass is 9.97.